The third kappa shape index (κ3) is 4.41. The van der Waals surface area contributed by atoms with E-state index in [2.05, 4.69) is 5.32 Å². The summed E-state index contributed by atoms with van der Waals surface area (Å²) in [5.41, 5.74) is -1.06. The van der Waals surface area contributed by atoms with Crippen LogP contribution in [0.2, 0.25) is 5.02 Å². The van der Waals surface area contributed by atoms with Gasteiger partial charge in [0.05, 0.1) is 10.5 Å². The van der Waals surface area contributed by atoms with Gasteiger partial charge in [-0.15, -0.1) is 0 Å². The number of nitrogens with one attached hydrogen (secondary N) is 1. The maximum atomic E-state index is 13.0. The fourth-order valence-corrected chi connectivity index (χ4v) is 4.97. The number of hydrogen-bond acceptors (Lipinski definition) is 3. The second-order valence-electron chi connectivity index (χ2n) is 5.77. The second kappa shape index (κ2) is 7.59. The topological polar surface area (TPSA) is 49.4 Å². The average molecular weight is 385 g/mol. The molecule has 0 aromatic heterocycles. The van der Waals surface area contributed by atoms with Gasteiger partial charge < -0.3 is 5.32 Å². The van der Waals surface area contributed by atoms with Crippen molar-refractivity contribution in [3.05, 3.63) is 28.8 Å². The summed E-state index contributed by atoms with van der Waals surface area (Å²) in [7, 11) is -4.05. The Morgan fingerprint density at radius 3 is 2.42 bits per heavy atom. The standard InChI is InChI=1S/C15H20ClF3N2O2S/c1-2-7-21(13-3-5-20-6-4-13)24(22,23)14-9-11(15(17,18)19)8-12(16)10-14/h8-10,13,20H,2-7H2,1H3. The molecule has 1 aliphatic heterocycles. The molecule has 1 aliphatic rings. The Balaban J connectivity index is 2.44. The molecule has 1 fully saturated rings. The van der Waals surface area contributed by atoms with E-state index in [-0.39, 0.29) is 17.6 Å². The summed E-state index contributed by atoms with van der Waals surface area (Å²) in [4.78, 5) is -0.408. The van der Waals surface area contributed by atoms with Crippen molar-refractivity contribution in [1.29, 1.82) is 0 Å². The highest BCUT2D eigenvalue weighted by molar-refractivity contribution is 7.89. The first-order valence-corrected chi connectivity index (χ1v) is 9.58. The van der Waals surface area contributed by atoms with Gasteiger partial charge in [0.1, 0.15) is 0 Å². The van der Waals surface area contributed by atoms with Crippen molar-refractivity contribution >= 4 is 21.6 Å². The molecule has 0 unspecified atom stereocenters. The lowest BCUT2D eigenvalue weighted by Gasteiger charge is -2.33. The number of sulfonamides is 1. The van der Waals surface area contributed by atoms with Crippen LogP contribution in [-0.4, -0.2) is 38.4 Å². The van der Waals surface area contributed by atoms with Gasteiger partial charge in [0.25, 0.3) is 0 Å². The van der Waals surface area contributed by atoms with E-state index >= 15 is 0 Å². The fourth-order valence-electron chi connectivity index (χ4n) is 2.82. The normalized spacial score (nSPS) is 17.4. The van der Waals surface area contributed by atoms with Gasteiger partial charge in [0, 0.05) is 17.6 Å². The molecule has 0 spiro atoms. The molecule has 0 atom stereocenters. The van der Waals surface area contributed by atoms with Gasteiger partial charge in [-0.2, -0.15) is 17.5 Å². The second-order valence-corrected chi connectivity index (χ2v) is 8.10. The van der Waals surface area contributed by atoms with Crippen LogP contribution in [0.3, 0.4) is 0 Å². The van der Waals surface area contributed by atoms with Crippen LogP contribution in [0.1, 0.15) is 31.7 Å². The van der Waals surface area contributed by atoms with Crippen LogP contribution in [0.25, 0.3) is 0 Å². The quantitative estimate of drug-likeness (QED) is 0.845. The number of nitrogens with zero attached hydrogens (tertiary/aromatic N) is 1. The van der Waals surface area contributed by atoms with Gasteiger partial charge in [0.2, 0.25) is 10.0 Å². The van der Waals surface area contributed by atoms with Crippen molar-refractivity contribution in [3.63, 3.8) is 0 Å². The minimum Gasteiger partial charge on any atom is -0.317 e. The molecular formula is C15H20ClF3N2O2S. The van der Waals surface area contributed by atoms with E-state index in [1.165, 1.54) is 4.31 Å². The first-order valence-electron chi connectivity index (χ1n) is 7.76. The van der Waals surface area contributed by atoms with E-state index < -0.39 is 26.7 Å². The molecule has 0 bridgehead atoms. The maximum absolute atomic E-state index is 13.0. The van der Waals surface area contributed by atoms with Crippen molar-refractivity contribution in [2.45, 2.75) is 43.3 Å². The van der Waals surface area contributed by atoms with Crippen LogP contribution in [-0.2, 0) is 16.2 Å². The predicted octanol–water partition coefficient (Wildman–Crippen LogP) is 3.51. The zero-order valence-corrected chi connectivity index (χ0v) is 14.8. The highest BCUT2D eigenvalue weighted by atomic mass is 35.5. The summed E-state index contributed by atoms with van der Waals surface area (Å²) in [6.45, 7) is 3.47. The van der Waals surface area contributed by atoms with Crippen LogP contribution >= 0.6 is 11.6 Å². The SMILES string of the molecule is CCCN(C1CCNCC1)S(=O)(=O)c1cc(Cl)cc(C(F)(F)F)c1. The lowest BCUT2D eigenvalue weighted by molar-refractivity contribution is -0.137. The van der Waals surface area contributed by atoms with E-state index in [0.29, 0.717) is 38.4 Å². The third-order valence-electron chi connectivity index (χ3n) is 3.97. The van der Waals surface area contributed by atoms with E-state index in [4.69, 9.17) is 11.6 Å². The predicted molar refractivity (Wildman–Crippen MR) is 86.5 cm³/mol. The average Bonchev–Trinajstić information content (AvgIpc) is 2.52. The molecule has 4 nitrogen and oxygen atoms in total. The number of halogens is 4. The van der Waals surface area contributed by atoms with Crippen LogP contribution < -0.4 is 5.32 Å². The molecule has 0 radical (unpaired) electrons. The molecule has 24 heavy (non-hydrogen) atoms. The van der Waals surface area contributed by atoms with Crippen molar-refractivity contribution in [2.24, 2.45) is 0 Å². The fraction of sp³-hybridized carbons (Fsp3) is 0.600. The zero-order valence-electron chi connectivity index (χ0n) is 13.2. The highest BCUT2D eigenvalue weighted by Crippen LogP contribution is 2.34. The number of rotatable bonds is 5. The van der Waals surface area contributed by atoms with Gasteiger partial charge in [-0.3, -0.25) is 0 Å². The molecule has 1 aromatic carbocycles. The Labute approximate surface area is 145 Å². The lowest BCUT2D eigenvalue weighted by atomic mass is 10.1. The molecule has 1 N–H and O–H groups in total. The molecule has 1 aromatic rings. The molecule has 9 heteroatoms. The number of alkyl halides is 3. The third-order valence-corrected chi connectivity index (χ3v) is 6.11. The summed E-state index contributed by atoms with van der Waals surface area (Å²) < 4.78 is 66.1. The smallest absolute Gasteiger partial charge is 0.317 e. The number of piperidine rings is 1. The molecule has 136 valence electrons. The van der Waals surface area contributed by atoms with E-state index in [1.54, 1.807) is 0 Å². The van der Waals surface area contributed by atoms with Crippen LogP contribution in [0.4, 0.5) is 13.2 Å². The molecule has 1 heterocycles. The van der Waals surface area contributed by atoms with Crippen molar-refractivity contribution in [1.82, 2.24) is 9.62 Å². The van der Waals surface area contributed by atoms with Crippen molar-refractivity contribution < 1.29 is 21.6 Å². The molecule has 1 saturated heterocycles. The van der Waals surface area contributed by atoms with E-state index in [1.807, 2.05) is 6.92 Å². The van der Waals surface area contributed by atoms with Crippen LogP contribution in [0, 0.1) is 0 Å². The Hall–Kier alpha value is -0.830. The minimum atomic E-state index is -4.65. The first kappa shape index (κ1) is 19.5. The summed E-state index contributed by atoms with van der Waals surface area (Å²) in [5, 5.41) is 2.90. The first-order chi connectivity index (χ1) is 11.2. The highest BCUT2D eigenvalue weighted by Gasteiger charge is 2.36. The molecule has 0 amide bonds. The van der Waals surface area contributed by atoms with Gasteiger partial charge in [0.15, 0.2) is 0 Å². The molecule has 2 rings (SSSR count). The summed E-state index contributed by atoms with van der Waals surface area (Å²) >= 11 is 5.74. The molecular weight excluding hydrogens is 365 g/mol. The van der Waals surface area contributed by atoms with Crippen LogP contribution in [0.5, 0.6) is 0 Å². The summed E-state index contributed by atoms with van der Waals surface area (Å²) in [6.07, 6.45) is -2.81. The largest absolute Gasteiger partial charge is 0.416 e. The lowest BCUT2D eigenvalue weighted by Crippen LogP contribution is -2.46. The Morgan fingerprint density at radius 1 is 1.25 bits per heavy atom. The minimum absolute atomic E-state index is 0.218. The van der Waals surface area contributed by atoms with Crippen molar-refractivity contribution in [2.75, 3.05) is 19.6 Å². The Bertz CT molecular complexity index is 674. The summed E-state index contributed by atoms with van der Waals surface area (Å²) in [6, 6.07) is 2.25. The Morgan fingerprint density at radius 2 is 1.88 bits per heavy atom. The Kier molecular flexibility index (Phi) is 6.17. The zero-order chi connectivity index (χ0) is 18.0. The van der Waals surface area contributed by atoms with Gasteiger partial charge in [-0.1, -0.05) is 18.5 Å². The summed E-state index contributed by atoms with van der Waals surface area (Å²) in [5.74, 6) is 0. The maximum Gasteiger partial charge on any atom is 0.416 e. The van der Waals surface area contributed by atoms with Gasteiger partial charge >= 0.3 is 6.18 Å². The number of benzene rings is 1. The van der Waals surface area contributed by atoms with E-state index in [9.17, 15) is 21.6 Å². The van der Waals surface area contributed by atoms with Crippen LogP contribution in [0.15, 0.2) is 23.1 Å². The van der Waals surface area contributed by atoms with E-state index in [0.717, 1.165) is 12.1 Å². The molecule has 0 aliphatic carbocycles. The molecule has 0 saturated carbocycles. The number of hydrogen-bond donors (Lipinski definition) is 1. The van der Waals surface area contributed by atoms with Gasteiger partial charge in [-0.05, 0) is 50.6 Å². The van der Waals surface area contributed by atoms with Crippen molar-refractivity contribution in [3.8, 4) is 0 Å². The monoisotopic (exact) mass is 384 g/mol. The van der Waals surface area contributed by atoms with Gasteiger partial charge in [-0.25, -0.2) is 8.42 Å².